The first-order chi connectivity index (χ1) is 6.40. The van der Waals surface area contributed by atoms with Gasteiger partial charge in [-0.1, -0.05) is 6.08 Å². The maximum atomic E-state index is 8.59. The van der Waals surface area contributed by atoms with E-state index >= 15 is 0 Å². The fourth-order valence-corrected chi connectivity index (χ4v) is 1.55. The van der Waals surface area contributed by atoms with Crippen LogP contribution in [-0.2, 0) is 0 Å². The van der Waals surface area contributed by atoms with E-state index in [0.29, 0.717) is 5.56 Å². The van der Waals surface area contributed by atoms with Crippen LogP contribution in [0.3, 0.4) is 0 Å². The summed E-state index contributed by atoms with van der Waals surface area (Å²) in [7, 11) is 0. The van der Waals surface area contributed by atoms with Crippen LogP contribution >= 0.6 is 0 Å². The van der Waals surface area contributed by atoms with Gasteiger partial charge in [-0.05, 0) is 37.0 Å². The molecule has 1 aromatic rings. The van der Waals surface area contributed by atoms with Crippen LogP contribution in [-0.4, -0.2) is 4.98 Å². The van der Waals surface area contributed by atoms with E-state index in [1.807, 2.05) is 12.1 Å². The summed E-state index contributed by atoms with van der Waals surface area (Å²) in [5, 5.41) is 8.59. The lowest BCUT2D eigenvalue weighted by molar-refractivity contribution is 0.932. The number of hydrogen-bond donors (Lipinski definition) is 0. The highest BCUT2D eigenvalue weighted by atomic mass is 14.7. The van der Waals surface area contributed by atoms with Gasteiger partial charge in [-0.3, -0.25) is 4.98 Å². The van der Waals surface area contributed by atoms with Gasteiger partial charge in [-0.15, -0.1) is 0 Å². The van der Waals surface area contributed by atoms with Crippen LogP contribution in [0.5, 0.6) is 0 Å². The highest BCUT2D eigenvalue weighted by molar-refractivity contribution is 5.64. The van der Waals surface area contributed by atoms with Crippen molar-refractivity contribution in [3.63, 3.8) is 0 Å². The van der Waals surface area contributed by atoms with Gasteiger partial charge in [0.15, 0.2) is 0 Å². The topological polar surface area (TPSA) is 36.7 Å². The lowest BCUT2D eigenvalue weighted by atomic mass is 10.1. The van der Waals surface area contributed by atoms with E-state index < -0.39 is 0 Å². The van der Waals surface area contributed by atoms with Crippen LogP contribution in [0, 0.1) is 11.3 Å². The molecule has 2 heteroatoms. The van der Waals surface area contributed by atoms with Crippen molar-refractivity contribution >= 4 is 5.57 Å². The van der Waals surface area contributed by atoms with Crippen molar-refractivity contribution in [2.45, 2.75) is 19.3 Å². The molecule has 0 fully saturated rings. The van der Waals surface area contributed by atoms with Crippen molar-refractivity contribution in [2.24, 2.45) is 0 Å². The van der Waals surface area contributed by atoms with Crippen molar-refractivity contribution < 1.29 is 0 Å². The molecule has 0 aliphatic heterocycles. The molecule has 0 saturated heterocycles. The molecule has 2 rings (SSSR count). The number of allylic oxidation sites excluding steroid dienone is 2. The number of aromatic nitrogens is 1. The molecule has 13 heavy (non-hydrogen) atoms. The second-order valence-electron chi connectivity index (χ2n) is 3.17. The van der Waals surface area contributed by atoms with E-state index in [-0.39, 0.29) is 0 Å². The summed E-state index contributed by atoms with van der Waals surface area (Å²) in [6.07, 6.45) is 7.38. The summed E-state index contributed by atoms with van der Waals surface area (Å²) in [5.41, 5.74) is 2.98. The quantitative estimate of drug-likeness (QED) is 0.649. The van der Waals surface area contributed by atoms with Crippen molar-refractivity contribution in [1.82, 2.24) is 4.98 Å². The second-order valence-corrected chi connectivity index (χ2v) is 3.17. The van der Waals surface area contributed by atoms with Crippen molar-refractivity contribution in [1.29, 1.82) is 5.26 Å². The van der Waals surface area contributed by atoms with Crippen LogP contribution < -0.4 is 0 Å². The first-order valence-electron chi connectivity index (χ1n) is 4.46. The fourth-order valence-electron chi connectivity index (χ4n) is 1.55. The minimum absolute atomic E-state index is 0.627. The molecule has 0 radical (unpaired) electrons. The monoisotopic (exact) mass is 170 g/mol. The summed E-state index contributed by atoms with van der Waals surface area (Å²) in [6.45, 7) is 0. The molecule has 64 valence electrons. The molecule has 2 nitrogen and oxygen atoms in total. The Kier molecular flexibility index (Phi) is 2.09. The standard InChI is InChI=1S/C11H10N2/c12-7-9-5-6-11(13-8-9)10-3-1-2-4-10/h3,5-6,8H,1-2,4H2. The Hall–Kier alpha value is -1.62. The molecule has 0 saturated carbocycles. The normalized spacial score (nSPS) is 15.2. The van der Waals surface area contributed by atoms with E-state index in [1.54, 1.807) is 6.20 Å². The zero-order chi connectivity index (χ0) is 9.10. The zero-order valence-electron chi connectivity index (χ0n) is 7.33. The van der Waals surface area contributed by atoms with Gasteiger partial charge in [0, 0.05) is 6.20 Å². The fraction of sp³-hybridized carbons (Fsp3) is 0.273. The zero-order valence-corrected chi connectivity index (χ0v) is 7.33. The summed E-state index contributed by atoms with van der Waals surface area (Å²) in [6, 6.07) is 5.81. The largest absolute Gasteiger partial charge is 0.255 e. The highest BCUT2D eigenvalue weighted by Gasteiger charge is 2.07. The summed E-state index contributed by atoms with van der Waals surface area (Å²) < 4.78 is 0. The number of rotatable bonds is 1. The first kappa shape index (κ1) is 8.00. The van der Waals surface area contributed by atoms with Crippen LogP contribution in [0.2, 0.25) is 0 Å². The molecule has 0 bridgehead atoms. The van der Waals surface area contributed by atoms with Gasteiger partial charge < -0.3 is 0 Å². The maximum absolute atomic E-state index is 8.59. The molecule has 0 atom stereocenters. The number of pyridine rings is 1. The minimum atomic E-state index is 0.627. The van der Waals surface area contributed by atoms with Gasteiger partial charge in [-0.2, -0.15) is 5.26 Å². The summed E-state index contributed by atoms with van der Waals surface area (Å²) >= 11 is 0. The van der Waals surface area contributed by atoms with Crippen LogP contribution in [0.4, 0.5) is 0 Å². The molecule has 1 aliphatic carbocycles. The molecule has 0 amide bonds. The van der Waals surface area contributed by atoms with Crippen molar-refractivity contribution in [3.8, 4) is 6.07 Å². The average molecular weight is 170 g/mol. The molecular weight excluding hydrogens is 160 g/mol. The summed E-state index contributed by atoms with van der Waals surface area (Å²) in [5.74, 6) is 0. The van der Waals surface area contributed by atoms with Crippen LogP contribution in [0.25, 0.3) is 5.57 Å². The number of hydrogen-bond acceptors (Lipinski definition) is 2. The molecule has 0 spiro atoms. The third kappa shape index (κ3) is 1.59. The van der Waals surface area contributed by atoms with E-state index in [0.717, 1.165) is 18.5 Å². The minimum Gasteiger partial charge on any atom is -0.255 e. The molecule has 0 aromatic carbocycles. The first-order valence-corrected chi connectivity index (χ1v) is 4.46. The van der Waals surface area contributed by atoms with E-state index in [2.05, 4.69) is 17.1 Å². The molecule has 1 heterocycles. The second kappa shape index (κ2) is 3.40. The van der Waals surface area contributed by atoms with Gasteiger partial charge in [0.2, 0.25) is 0 Å². The lowest BCUT2D eigenvalue weighted by Crippen LogP contribution is -1.87. The maximum Gasteiger partial charge on any atom is 0.101 e. The molecule has 0 unspecified atom stereocenters. The Morgan fingerprint density at radius 2 is 2.31 bits per heavy atom. The average Bonchev–Trinajstić information content (AvgIpc) is 2.71. The smallest absolute Gasteiger partial charge is 0.101 e. The Bertz CT molecular complexity index is 368. The third-order valence-corrected chi connectivity index (χ3v) is 2.26. The van der Waals surface area contributed by atoms with Gasteiger partial charge >= 0.3 is 0 Å². The van der Waals surface area contributed by atoms with Gasteiger partial charge in [0.25, 0.3) is 0 Å². The van der Waals surface area contributed by atoms with Gasteiger partial charge in [0.1, 0.15) is 6.07 Å². The third-order valence-electron chi connectivity index (χ3n) is 2.26. The Morgan fingerprint density at radius 1 is 1.38 bits per heavy atom. The lowest BCUT2D eigenvalue weighted by Gasteiger charge is -1.99. The predicted molar refractivity (Wildman–Crippen MR) is 50.8 cm³/mol. The molecule has 1 aliphatic rings. The van der Waals surface area contributed by atoms with E-state index in [1.165, 1.54) is 12.0 Å². The van der Waals surface area contributed by atoms with Crippen molar-refractivity contribution in [3.05, 3.63) is 35.7 Å². The Balaban J connectivity index is 2.28. The molecular formula is C11H10N2. The van der Waals surface area contributed by atoms with Crippen molar-refractivity contribution in [2.75, 3.05) is 0 Å². The van der Waals surface area contributed by atoms with E-state index in [9.17, 15) is 0 Å². The highest BCUT2D eigenvalue weighted by Crippen LogP contribution is 2.25. The number of nitriles is 1. The Morgan fingerprint density at radius 3 is 2.85 bits per heavy atom. The van der Waals surface area contributed by atoms with Gasteiger partial charge in [-0.25, -0.2) is 0 Å². The molecule has 0 N–H and O–H groups in total. The summed E-state index contributed by atoms with van der Waals surface area (Å²) in [4.78, 5) is 4.24. The Labute approximate surface area is 77.5 Å². The molecule has 1 aromatic heterocycles. The van der Waals surface area contributed by atoms with Crippen LogP contribution in [0.15, 0.2) is 24.4 Å². The van der Waals surface area contributed by atoms with Crippen LogP contribution in [0.1, 0.15) is 30.5 Å². The number of nitrogens with zero attached hydrogens (tertiary/aromatic N) is 2. The van der Waals surface area contributed by atoms with E-state index in [4.69, 9.17) is 5.26 Å². The SMILES string of the molecule is N#Cc1ccc(C2=CCCC2)nc1. The van der Waals surface area contributed by atoms with Gasteiger partial charge in [0.05, 0.1) is 11.3 Å². The predicted octanol–water partition coefficient (Wildman–Crippen LogP) is 2.52.